The molecular formula is C17H19N7O. The Morgan fingerprint density at radius 3 is 2.92 bits per heavy atom. The largest absolute Gasteiger partial charge is 0.337 e. The van der Waals surface area contributed by atoms with Crippen molar-refractivity contribution in [1.29, 1.82) is 0 Å². The Labute approximate surface area is 145 Å². The number of carbonyl (C=O) groups is 1. The van der Waals surface area contributed by atoms with Crippen molar-refractivity contribution in [3.05, 3.63) is 48.5 Å². The lowest BCUT2D eigenvalue weighted by Gasteiger charge is -2.19. The van der Waals surface area contributed by atoms with E-state index in [9.17, 15) is 4.79 Å². The van der Waals surface area contributed by atoms with Gasteiger partial charge >= 0.3 is 0 Å². The number of tetrazole rings is 1. The number of amides is 1. The zero-order valence-corrected chi connectivity index (χ0v) is 13.8. The lowest BCUT2D eigenvalue weighted by atomic mass is 10.2. The molecule has 2 aromatic heterocycles. The number of fused-ring (bicyclic) bond motifs is 1. The summed E-state index contributed by atoms with van der Waals surface area (Å²) in [6.07, 6.45) is 4.96. The van der Waals surface area contributed by atoms with E-state index in [0.717, 1.165) is 30.8 Å². The number of hydrogen-bond donors (Lipinski definition) is 0. The standard InChI is InChI=1S/C17H19N7O/c25-16(22-8-4-9-23-13-18-11-15(23)12-22)7-10-24-20-17(19-21-24)14-5-2-1-3-6-14/h1-3,5-6,11,13H,4,7-10,12H2. The number of aryl methyl sites for hydroxylation is 2. The SMILES string of the molecule is O=C(CCn1nnc(-c2ccccc2)n1)N1CCCn2cncc2C1. The molecule has 0 fully saturated rings. The van der Waals surface area contributed by atoms with Gasteiger partial charge in [-0.1, -0.05) is 30.3 Å². The minimum absolute atomic E-state index is 0.105. The summed E-state index contributed by atoms with van der Waals surface area (Å²) in [6.45, 7) is 2.71. The predicted octanol–water partition coefficient (Wildman–Crippen LogP) is 1.36. The van der Waals surface area contributed by atoms with E-state index in [1.165, 1.54) is 4.80 Å². The number of rotatable bonds is 4. The van der Waals surface area contributed by atoms with Crippen LogP contribution in [-0.2, 0) is 24.4 Å². The molecule has 0 bridgehead atoms. The van der Waals surface area contributed by atoms with Crippen molar-refractivity contribution < 1.29 is 4.79 Å². The summed E-state index contributed by atoms with van der Waals surface area (Å²) >= 11 is 0. The topological polar surface area (TPSA) is 81.7 Å². The molecule has 3 aromatic rings. The highest BCUT2D eigenvalue weighted by atomic mass is 16.2. The first-order chi connectivity index (χ1) is 12.3. The van der Waals surface area contributed by atoms with Crippen LogP contribution in [0.2, 0.25) is 0 Å². The third kappa shape index (κ3) is 3.42. The van der Waals surface area contributed by atoms with Crippen molar-refractivity contribution in [2.24, 2.45) is 0 Å². The van der Waals surface area contributed by atoms with Crippen LogP contribution in [0.4, 0.5) is 0 Å². The van der Waals surface area contributed by atoms with Crippen LogP contribution >= 0.6 is 0 Å². The van der Waals surface area contributed by atoms with Gasteiger partial charge in [0.25, 0.3) is 0 Å². The Morgan fingerprint density at radius 1 is 1.16 bits per heavy atom. The number of carbonyl (C=O) groups excluding carboxylic acids is 1. The van der Waals surface area contributed by atoms with Crippen molar-refractivity contribution >= 4 is 5.91 Å². The van der Waals surface area contributed by atoms with Crippen molar-refractivity contribution in [3.8, 4) is 11.4 Å². The van der Waals surface area contributed by atoms with Crippen LogP contribution < -0.4 is 0 Å². The Balaban J connectivity index is 1.37. The second-order valence-electron chi connectivity index (χ2n) is 6.07. The minimum atomic E-state index is 0.105. The molecule has 0 radical (unpaired) electrons. The van der Waals surface area contributed by atoms with E-state index in [2.05, 4.69) is 25.0 Å². The average molecular weight is 337 g/mol. The van der Waals surface area contributed by atoms with Crippen molar-refractivity contribution in [1.82, 2.24) is 34.7 Å². The number of aromatic nitrogens is 6. The van der Waals surface area contributed by atoms with Gasteiger partial charge in [0, 0.05) is 31.3 Å². The molecule has 0 aliphatic carbocycles. The Morgan fingerprint density at radius 2 is 2.04 bits per heavy atom. The summed E-state index contributed by atoms with van der Waals surface area (Å²) in [4.78, 5) is 20.1. The summed E-state index contributed by atoms with van der Waals surface area (Å²) < 4.78 is 2.11. The molecule has 0 saturated carbocycles. The normalized spacial score (nSPS) is 14.2. The van der Waals surface area contributed by atoms with Gasteiger partial charge in [0.05, 0.1) is 25.1 Å². The molecule has 8 heteroatoms. The summed E-state index contributed by atoms with van der Waals surface area (Å²) in [5.41, 5.74) is 2.00. The van der Waals surface area contributed by atoms with Gasteiger partial charge in [-0.25, -0.2) is 4.98 Å². The van der Waals surface area contributed by atoms with Gasteiger partial charge in [0.1, 0.15) is 0 Å². The molecule has 128 valence electrons. The van der Waals surface area contributed by atoms with Crippen LogP contribution in [0.3, 0.4) is 0 Å². The molecule has 0 unspecified atom stereocenters. The van der Waals surface area contributed by atoms with E-state index >= 15 is 0 Å². The van der Waals surface area contributed by atoms with Crippen molar-refractivity contribution in [3.63, 3.8) is 0 Å². The maximum Gasteiger partial charge on any atom is 0.224 e. The highest BCUT2D eigenvalue weighted by molar-refractivity contribution is 5.76. The second kappa shape index (κ2) is 6.84. The van der Waals surface area contributed by atoms with E-state index in [-0.39, 0.29) is 5.91 Å². The summed E-state index contributed by atoms with van der Waals surface area (Å²) in [5.74, 6) is 0.680. The highest BCUT2D eigenvalue weighted by Gasteiger charge is 2.19. The van der Waals surface area contributed by atoms with E-state index in [0.29, 0.717) is 25.3 Å². The molecule has 3 heterocycles. The predicted molar refractivity (Wildman–Crippen MR) is 90.1 cm³/mol. The average Bonchev–Trinajstić information content (AvgIpc) is 3.25. The zero-order valence-electron chi connectivity index (χ0n) is 13.8. The molecule has 1 aliphatic heterocycles. The fraction of sp³-hybridized carbons (Fsp3) is 0.353. The Hall–Kier alpha value is -3.03. The van der Waals surface area contributed by atoms with Crippen LogP contribution in [0.15, 0.2) is 42.9 Å². The molecule has 1 amide bonds. The molecule has 1 aromatic carbocycles. The van der Waals surface area contributed by atoms with Crippen LogP contribution in [0.25, 0.3) is 11.4 Å². The zero-order chi connectivity index (χ0) is 17.1. The molecule has 4 rings (SSSR count). The highest BCUT2D eigenvalue weighted by Crippen LogP contribution is 2.14. The fourth-order valence-corrected chi connectivity index (χ4v) is 3.00. The van der Waals surface area contributed by atoms with Crippen LogP contribution in [-0.4, -0.2) is 47.1 Å². The third-order valence-electron chi connectivity index (χ3n) is 4.34. The first-order valence-electron chi connectivity index (χ1n) is 8.39. The van der Waals surface area contributed by atoms with E-state index in [1.54, 1.807) is 0 Å². The van der Waals surface area contributed by atoms with E-state index in [4.69, 9.17) is 0 Å². The lowest BCUT2D eigenvalue weighted by molar-refractivity contribution is -0.132. The molecule has 0 N–H and O–H groups in total. The molecule has 8 nitrogen and oxygen atoms in total. The Bertz CT molecular complexity index is 855. The van der Waals surface area contributed by atoms with Gasteiger partial charge in [-0.2, -0.15) is 4.80 Å². The molecule has 0 spiro atoms. The molecule has 1 aliphatic rings. The first kappa shape index (κ1) is 15.5. The number of imidazole rings is 1. The smallest absolute Gasteiger partial charge is 0.224 e. The van der Waals surface area contributed by atoms with Crippen LogP contribution in [0.5, 0.6) is 0 Å². The van der Waals surface area contributed by atoms with Crippen LogP contribution in [0, 0.1) is 0 Å². The summed E-state index contributed by atoms with van der Waals surface area (Å²) in [6, 6.07) is 9.69. The van der Waals surface area contributed by atoms with E-state index < -0.39 is 0 Å². The maximum atomic E-state index is 12.5. The van der Waals surface area contributed by atoms with Crippen molar-refractivity contribution in [2.45, 2.75) is 32.5 Å². The lowest BCUT2D eigenvalue weighted by Crippen LogP contribution is -2.31. The number of benzene rings is 1. The fourth-order valence-electron chi connectivity index (χ4n) is 3.00. The Kier molecular flexibility index (Phi) is 4.24. The van der Waals surface area contributed by atoms with Gasteiger partial charge in [-0.15, -0.1) is 10.2 Å². The van der Waals surface area contributed by atoms with E-state index in [1.807, 2.05) is 47.8 Å². The van der Waals surface area contributed by atoms with Gasteiger partial charge in [-0.05, 0) is 11.6 Å². The van der Waals surface area contributed by atoms with Gasteiger partial charge in [-0.3, -0.25) is 4.79 Å². The van der Waals surface area contributed by atoms with Crippen molar-refractivity contribution in [2.75, 3.05) is 6.54 Å². The monoisotopic (exact) mass is 337 g/mol. The van der Waals surface area contributed by atoms with Gasteiger partial charge in [0.15, 0.2) is 0 Å². The maximum absolute atomic E-state index is 12.5. The minimum Gasteiger partial charge on any atom is -0.337 e. The molecular weight excluding hydrogens is 318 g/mol. The van der Waals surface area contributed by atoms with Crippen LogP contribution in [0.1, 0.15) is 18.5 Å². The van der Waals surface area contributed by atoms with Gasteiger partial charge in [0.2, 0.25) is 11.7 Å². The molecule has 25 heavy (non-hydrogen) atoms. The number of nitrogens with zero attached hydrogens (tertiary/aromatic N) is 7. The first-order valence-corrected chi connectivity index (χ1v) is 8.39. The number of hydrogen-bond acceptors (Lipinski definition) is 5. The quantitative estimate of drug-likeness (QED) is 0.718. The third-order valence-corrected chi connectivity index (χ3v) is 4.34. The molecule has 0 saturated heterocycles. The molecule has 0 atom stereocenters. The second-order valence-corrected chi connectivity index (χ2v) is 6.07. The summed E-state index contributed by atoms with van der Waals surface area (Å²) in [5, 5.41) is 12.5. The van der Waals surface area contributed by atoms with Gasteiger partial charge < -0.3 is 9.47 Å². The summed E-state index contributed by atoms with van der Waals surface area (Å²) in [7, 11) is 0.